The fourth-order valence-corrected chi connectivity index (χ4v) is 3.66. The Balaban J connectivity index is 1.65. The minimum Gasteiger partial charge on any atom is -0.385 e. The van der Waals surface area contributed by atoms with Crippen LogP contribution in [0.25, 0.3) is 0 Å². The second-order valence-corrected chi connectivity index (χ2v) is 7.24. The van der Waals surface area contributed by atoms with Gasteiger partial charge in [-0.05, 0) is 54.6 Å². The van der Waals surface area contributed by atoms with Crippen molar-refractivity contribution in [3.63, 3.8) is 0 Å². The molecule has 0 unspecified atom stereocenters. The van der Waals surface area contributed by atoms with Gasteiger partial charge in [0.25, 0.3) is 0 Å². The van der Waals surface area contributed by atoms with E-state index in [-0.39, 0.29) is 0 Å². The number of nitrogens with zero attached hydrogens (tertiary/aromatic N) is 1. The monoisotopic (exact) mass is 378 g/mol. The average molecular weight is 378 g/mol. The first-order valence-corrected chi connectivity index (χ1v) is 9.20. The van der Waals surface area contributed by atoms with Gasteiger partial charge in [0.05, 0.1) is 11.2 Å². The zero-order valence-corrected chi connectivity index (χ0v) is 15.2. The molecule has 0 aromatic heterocycles. The Morgan fingerprint density at radius 1 is 1.00 bits per heavy atom. The first kappa shape index (κ1) is 19.9. The van der Waals surface area contributed by atoms with Crippen molar-refractivity contribution in [1.82, 2.24) is 4.90 Å². The number of halogens is 3. The molecule has 27 heavy (non-hydrogen) atoms. The van der Waals surface area contributed by atoms with Gasteiger partial charge in [-0.2, -0.15) is 13.2 Å². The van der Waals surface area contributed by atoms with Crippen molar-refractivity contribution in [2.45, 2.75) is 37.6 Å². The number of likely N-dealkylation sites (tertiary alicyclic amines) is 1. The Hall–Kier alpha value is -1.89. The lowest BCUT2D eigenvalue weighted by atomic mass is 9.83. The topological polar surface area (TPSA) is 49.5 Å². The van der Waals surface area contributed by atoms with Crippen LogP contribution in [0.3, 0.4) is 0 Å². The number of piperidine rings is 1. The predicted molar refractivity (Wildman–Crippen MR) is 99.1 cm³/mol. The molecule has 0 spiro atoms. The van der Waals surface area contributed by atoms with E-state index in [1.165, 1.54) is 17.2 Å². The maximum Gasteiger partial charge on any atom is 0.416 e. The van der Waals surface area contributed by atoms with Crippen LogP contribution in [0.15, 0.2) is 48.5 Å². The smallest absolute Gasteiger partial charge is 0.385 e. The number of aliphatic hydroxyl groups is 1. The van der Waals surface area contributed by atoms with Crippen LogP contribution in [0.2, 0.25) is 0 Å². The third kappa shape index (κ3) is 4.89. The number of nitrogens with two attached hydrogens (primary N) is 1. The maximum absolute atomic E-state index is 13.0. The van der Waals surface area contributed by atoms with E-state index in [1.807, 2.05) is 6.07 Å². The molecule has 6 heteroatoms. The molecule has 0 saturated carbocycles. The molecular weight excluding hydrogens is 353 g/mol. The van der Waals surface area contributed by atoms with E-state index in [9.17, 15) is 18.3 Å². The molecule has 2 aromatic carbocycles. The van der Waals surface area contributed by atoms with E-state index in [4.69, 9.17) is 5.73 Å². The molecule has 3 rings (SSSR count). The summed E-state index contributed by atoms with van der Waals surface area (Å²) in [5.74, 6) is 0. The Morgan fingerprint density at radius 2 is 1.67 bits per heavy atom. The van der Waals surface area contributed by atoms with Crippen molar-refractivity contribution < 1.29 is 18.3 Å². The maximum atomic E-state index is 13.0. The molecule has 0 aliphatic carbocycles. The standard InChI is InChI=1S/C21H25F3N2O/c22-21(23,24)19-6-2-5-18(14-19)20(27)8-11-26(12-9-20)15-17-4-1-3-16(13-17)7-10-25/h1-6,13-14,27H,7-12,15,25H2. The van der Waals surface area contributed by atoms with E-state index < -0.39 is 17.3 Å². The van der Waals surface area contributed by atoms with Gasteiger partial charge >= 0.3 is 6.18 Å². The summed E-state index contributed by atoms with van der Waals surface area (Å²) < 4.78 is 38.9. The second-order valence-electron chi connectivity index (χ2n) is 7.24. The van der Waals surface area contributed by atoms with Crippen LogP contribution in [0.5, 0.6) is 0 Å². The highest BCUT2D eigenvalue weighted by molar-refractivity contribution is 5.30. The molecule has 0 atom stereocenters. The summed E-state index contributed by atoms with van der Waals surface area (Å²) in [6.45, 7) is 2.63. The minimum absolute atomic E-state index is 0.349. The highest BCUT2D eigenvalue weighted by Gasteiger charge is 2.37. The number of alkyl halides is 3. The number of rotatable bonds is 5. The number of hydrogen-bond donors (Lipinski definition) is 2. The molecule has 2 aromatic rings. The highest BCUT2D eigenvalue weighted by atomic mass is 19.4. The molecule has 1 fully saturated rings. The van der Waals surface area contributed by atoms with Gasteiger partial charge < -0.3 is 10.8 Å². The normalized spacial score (nSPS) is 17.8. The third-order valence-corrected chi connectivity index (χ3v) is 5.24. The van der Waals surface area contributed by atoms with Crippen LogP contribution in [0.1, 0.15) is 35.1 Å². The van der Waals surface area contributed by atoms with E-state index in [0.717, 1.165) is 25.1 Å². The van der Waals surface area contributed by atoms with Gasteiger partial charge in [-0.3, -0.25) is 4.90 Å². The zero-order chi connectivity index (χ0) is 19.5. The largest absolute Gasteiger partial charge is 0.416 e. The van der Waals surface area contributed by atoms with Crippen LogP contribution < -0.4 is 5.73 Å². The Kier molecular flexibility index (Phi) is 5.89. The molecule has 1 saturated heterocycles. The average Bonchev–Trinajstić information content (AvgIpc) is 2.64. The molecule has 1 aliphatic rings. The Bertz CT molecular complexity index is 768. The quantitative estimate of drug-likeness (QED) is 0.834. The number of hydrogen-bond acceptors (Lipinski definition) is 3. The number of benzene rings is 2. The summed E-state index contributed by atoms with van der Waals surface area (Å²) in [4.78, 5) is 2.23. The Morgan fingerprint density at radius 3 is 2.33 bits per heavy atom. The van der Waals surface area contributed by atoms with Crippen molar-refractivity contribution in [2.24, 2.45) is 5.73 Å². The molecule has 1 heterocycles. The fraction of sp³-hybridized carbons (Fsp3) is 0.429. The van der Waals surface area contributed by atoms with Gasteiger partial charge in [0.1, 0.15) is 0 Å². The highest BCUT2D eigenvalue weighted by Crippen LogP contribution is 2.37. The molecule has 0 amide bonds. The van der Waals surface area contributed by atoms with Crippen LogP contribution >= 0.6 is 0 Å². The van der Waals surface area contributed by atoms with E-state index in [1.54, 1.807) is 6.07 Å². The van der Waals surface area contributed by atoms with Crippen LogP contribution in [-0.2, 0) is 24.7 Å². The molecule has 0 radical (unpaired) electrons. The summed E-state index contributed by atoms with van der Waals surface area (Å²) in [5.41, 5.74) is 6.42. The minimum atomic E-state index is -4.40. The molecule has 146 valence electrons. The lowest BCUT2D eigenvalue weighted by Gasteiger charge is -2.38. The van der Waals surface area contributed by atoms with E-state index >= 15 is 0 Å². The van der Waals surface area contributed by atoms with Crippen molar-refractivity contribution in [3.8, 4) is 0 Å². The van der Waals surface area contributed by atoms with Gasteiger partial charge in [0.15, 0.2) is 0 Å². The van der Waals surface area contributed by atoms with Gasteiger partial charge in [-0.15, -0.1) is 0 Å². The second kappa shape index (κ2) is 8.00. The van der Waals surface area contributed by atoms with Gasteiger partial charge in [0.2, 0.25) is 0 Å². The summed E-state index contributed by atoms with van der Waals surface area (Å²) in [6, 6.07) is 13.3. The van der Waals surface area contributed by atoms with Crippen LogP contribution in [-0.4, -0.2) is 29.6 Å². The summed E-state index contributed by atoms with van der Waals surface area (Å²) in [7, 11) is 0. The summed E-state index contributed by atoms with van der Waals surface area (Å²) in [6.07, 6.45) is -2.74. The van der Waals surface area contributed by atoms with Gasteiger partial charge in [0, 0.05) is 19.6 Å². The fourth-order valence-electron chi connectivity index (χ4n) is 3.66. The summed E-state index contributed by atoms with van der Waals surface area (Å²) in [5, 5.41) is 10.9. The Labute approximate surface area is 157 Å². The summed E-state index contributed by atoms with van der Waals surface area (Å²) >= 11 is 0. The molecule has 0 bridgehead atoms. The van der Waals surface area contributed by atoms with Crippen molar-refractivity contribution in [1.29, 1.82) is 0 Å². The van der Waals surface area contributed by atoms with Gasteiger partial charge in [-0.25, -0.2) is 0 Å². The molecular formula is C21H25F3N2O. The van der Waals surface area contributed by atoms with Crippen molar-refractivity contribution >= 4 is 0 Å². The molecule has 3 nitrogen and oxygen atoms in total. The third-order valence-electron chi connectivity index (χ3n) is 5.24. The predicted octanol–water partition coefficient (Wildman–Crippen LogP) is 3.69. The lowest BCUT2D eigenvalue weighted by molar-refractivity contribution is -0.137. The first-order valence-electron chi connectivity index (χ1n) is 9.20. The first-order chi connectivity index (χ1) is 12.8. The SMILES string of the molecule is NCCc1cccc(CN2CCC(O)(c3cccc(C(F)(F)F)c3)CC2)c1. The molecule has 1 aliphatic heterocycles. The molecule has 3 N–H and O–H groups in total. The van der Waals surface area contributed by atoms with E-state index in [0.29, 0.717) is 38.0 Å². The van der Waals surface area contributed by atoms with Crippen molar-refractivity contribution in [2.75, 3.05) is 19.6 Å². The zero-order valence-electron chi connectivity index (χ0n) is 15.2. The van der Waals surface area contributed by atoms with Crippen LogP contribution in [0.4, 0.5) is 13.2 Å². The van der Waals surface area contributed by atoms with Crippen LogP contribution in [0, 0.1) is 0 Å². The van der Waals surface area contributed by atoms with Gasteiger partial charge in [-0.1, -0.05) is 36.4 Å². The lowest BCUT2D eigenvalue weighted by Crippen LogP contribution is -2.42. The van der Waals surface area contributed by atoms with Crippen molar-refractivity contribution in [3.05, 3.63) is 70.8 Å². The van der Waals surface area contributed by atoms with E-state index in [2.05, 4.69) is 23.1 Å².